The van der Waals surface area contributed by atoms with Crippen molar-refractivity contribution in [2.75, 3.05) is 26.3 Å². The van der Waals surface area contributed by atoms with Crippen LogP contribution < -0.4 is 9.47 Å². The highest BCUT2D eigenvalue weighted by Gasteiger charge is 2.44. The normalized spacial score (nSPS) is 30.3. The van der Waals surface area contributed by atoms with Crippen LogP contribution in [0.5, 0.6) is 11.5 Å². The van der Waals surface area contributed by atoms with Gasteiger partial charge in [0.25, 0.3) is 5.91 Å². The van der Waals surface area contributed by atoms with Crippen molar-refractivity contribution in [3.63, 3.8) is 0 Å². The predicted octanol–water partition coefficient (Wildman–Crippen LogP) is 1.19. The smallest absolute Gasteiger partial charge is 0.267 e. The number of amides is 1. The number of rotatable bonds is 2. The van der Waals surface area contributed by atoms with E-state index in [9.17, 15) is 9.90 Å². The number of likely N-dealkylation sites (tertiary alicyclic amines) is 1. The number of thiophene rings is 1. The Balaban J connectivity index is 1.33. The average molecular weight is 376 g/mol. The van der Waals surface area contributed by atoms with Gasteiger partial charge in [-0.3, -0.25) is 4.79 Å². The number of hydrogen-bond acceptors (Lipinski definition) is 7. The topological polar surface area (TPSA) is 89.7 Å². The van der Waals surface area contributed by atoms with Crippen LogP contribution in [0.15, 0.2) is 18.0 Å². The van der Waals surface area contributed by atoms with Gasteiger partial charge in [-0.05, 0) is 24.7 Å². The summed E-state index contributed by atoms with van der Waals surface area (Å²) in [7, 11) is 0. The molecule has 0 spiro atoms. The fourth-order valence-corrected chi connectivity index (χ4v) is 5.30. The van der Waals surface area contributed by atoms with Crippen molar-refractivity contribution in [2.24, 2.45) is 11.8 Å². The van der Waals surface area contributed by atoms with Crippen molar-refractivity contribution in [1.82, 2.24) is 19.7 Å². The van der Waals surface area contributed by atoms with Crippen molar-refractivity contribution < 1.29 is 19.4 Å². The molecule has 26 heavy (non-hydrogen) atoms. The minimum Gasteiger partial charge on any atom is -0.485 e. The van der Waals surface area contributed by atoms with Gasteiger partial charge in [-0.25, -0.2) is 9.67 Å². The molecule has 4 heterocycles. The molecular formula is C17H20N4O4S. The standard InChI is InChI=1S/C17H20N4O4S/c22-13-4-11-6-20(5-10(11)3-12(13)21-9-18-8-19-21)17(23)16-15-14(7-26-16)24-1-2-25-15/h7-13,22H,1-6H2/t10-,11+,12-,13-/m1/s1. The van der Waals surface area contributed by atoms with E-state index in [-0.39, 0.29) is 11.9 Å². The van der Waals surface area contributed by atoms with Gasteiger partial charge in [-0.2, -0.15) is 5.10 Å². The number of fused-ring (bicyclic) bond motifs is 2. The molecule has 1 aliphatic carbocycles. The SMILES string of the molecule is O=C(c1scc2c1OCCO2)N1C[C@H]2C[C@@H](n3cncn3)[C@H](O)C[C@H]2C1. The quantitative estimate of drug-likeness (QED) is 0.847. The molecule has 4 atom stereocenters. The summed E-state index contributed by atoms with van der Waals surface area (Å²) in [5, 5.41) is 16.6. The van der Waals surface area contributed by atoms with Crippen LogP contribution in [0.25, 0.3) is 0 Å². The molecule has 2 aromatic heterocycles. The van der Waals surface area contributed by atoms with E-state index in [4.69, 9.17) is 9.47 Å². The predicted molar refractivity (Wildman–Crippen MR) is 92.5 cm³/mol. The summed E-state index contributed by atoms with van der Waals surface area (Å²) in [5.74, 6) is 1.94. The second-order valence-electron chi connectivity index (χ2n) is 7.17. The molecule has 5 rings (SSSR count). The Hall–Kier alpha value is -2.13. The van der Waals surface area contributed by atoms with E-state index in [2.05, 4.69) is 10.1 Å². The lowest BCUT2D eigenvalue weighted by atomic mass is 9.77. The molecule has 0 bridgehead atoms. The lowest BCUT2D eigenvalue weighted by molar-refractivity contribution is 0.0304. The maximum atomic E-state index is 13.0. The van der Waals surface area contributed by atoms with Crippen molar-refractivity contribution in [3.05, 3.63) is 22.9 Å². The summed E-state index contributed by atoms with van der Waals surface area (Å²) in [6.45, 7) is 2.38. The average Bonchev–Trinajstić information content (AvgIpc) is 3.39. The van der Waals surface area contributed by atoms with Crippen LogP contribution in [0.1, 0.15) is 28.6 Å². The maximum Gasteiger partial charge on any atom is 0.267 e. The Kier molecular flexibility index (Phi) is 3.86. The second-order valence-corrected chi connectivity index (χ2v) is 8.05. The summed E-state index contributed by atoms with van der Waals surface area (Å²) in [6.07, 6.45) is 4.17. The lowest BCUT2D eigenvalue weighted by Gasteiger charge is -2.34. The minimum absolute atomic E-state index is 0.00273. The lowest BCUT2D eigenvalue weighted by Crippen LogP contribution is -2.36. The van der Waals surface area contributed by atoms with E-state index in [0.29, 0.717) is 60.9 Å². The Morgan fingerprint density at radius 1 is 1.23 bits per heavy atom. The zero-order chi connectivity index (χ0) is 17.7. The van der Waals surface area contributed by atoms with E-state index >= 15 is 0 Å². The van der Waals surface area contributed by atoms with Gasteiger partial charge in [-0.1, -0.05) is 0 Å². The van der Waals surface area contributed by atoms with Gasteiger partial charge in [0.15, 0.2) is 11.5 Å². The number of aliphatic hydroxyl groups is 1. The first-order valence-corrected chi connectivity index (χ1v) is 9.77. The molecule has 1 saturated carbocycles. The number of aliphatic hydroxyl groups excluding tert-OH is 1. The zero-order valence-electron chi connectivity index (χ0n) is 14.2. The van der Waals surface area contributed by atoms with Crippen molar-refractivity contribution in [2.45, 2.75) is 25.0 Å². The van der Waals surface area contributed by atoms with E-state index in [1.807, 2.05) is 10.3 Å². The number of nitrogens with zero attached hydrogens (tertiary/aromatic N) is 4. The summed E-state index contributed by atoms with van der Waals surface area (Å²) in [4.78, 5) is 19.5. The van der Waals surface area contributed by atoms with Crippen molar-refractivity contribution in [3.8, 4) is 11.5 Å². The van der Waals surface area contributed by atoms with E-state index in [1.165, 1.54) is 17.7 Å². The van der Waals surface area contributed by atoms with E-state index < -0.39 is 6.10 Å². The summed E-state index contributed by atoms with van der Waals surface area (Å²) >= 11 is 1.38. The maximum absolute atomic E-state index is 13.0. The van der Waals surface area contributed by atoms with Crippen LogP contribution in [0.2, 0.25) is 0 Å². The Morgan fingerprint density at radius 2 is 2.04 bits per heavy atom. The van der Waals surface area contributed by atoms with Gasteiger partial charge in [0.2, 0.25) is 0 Å². The monoisotopic (exact) mass is 376 g/mol. The molecule has 9 heteroatoms. The first-order chi connectivity index (χ1) is 12.7. The van der Waals surface area contributed by atoms with Gasteiger partial charge < -0.3 is 19.5 Å². The highest BCUT2D eigenvalue weighted by atomic mass is 32.1. The Morgan fingerprint density at radius 3 is 2.85 bits per heavy atom. The molecule has 8 nitrogen and oxygen atoms in total. The third-order valence-corrected chi connectivity index (χ3v) is 6.60. The summed E-state index contributed by atoms with van der Waals surface area (Å²) < 4.78 is 12.9. The van der Waals surface area contributed by atoms with Crippen LogP contribution in [0.3, 0.4) is 0 Å². The molecule has 2 aliphatic heterocycles. The number of aromatic nitrogens is 3. The molecule has 1 amide bonds. The first-order valence-electron chi connectivity index (χ1n) is 8.89. The number of hydrogen-bond donors (Lipinski definition) is 1. The van der Waals surface area contributed by atoms with Crippen LogP contribution in [0.4, 0.5) is 0 Å². The van der Waals surface area contributed by atoms with Crippen LogP contribution in [-0.2, 0) is 0 Å². The molecule has 2 aromatic rings. The summed E-state index contributed by atoms with van der Waals surface area (Å²) in [5.41, 5.74) is 0. The van der Waals surface area contributed by atoms with Gasteiger partial charge in [0, 0.05) is 18.5 Å². The molecule has 0 unspecified atom stereocenters. The highest BCUT2D eigenvalue weighted by Crippen LogP contribution is 2.44. The second kappa shape index (κ2) is 6.24. The van der Waals surface area contributed by atoms with Crippen LogP contribution in [0, 0.1) is 11.8 Å². The molecule has 0 radical (unpaired) electrons. The van der Waals surface area contributed by atoms with Crippen molar-refractivity contribution >= 4 is 17.2 Å². The molecule has 138 valence electrons. The van der Waals surface area contributed by atoms with Gasteiger partial charge in [-0.15, -0.1) is 11.3 Å². The fourth-order valence-electron chi connectivity index (χ4n) is 4.40. The van der Waals surface area contributed by atoms with E-state index in [0.717, 1.165) is 6.42 Å². The van der Waals surface area contributed by atoms with E-state index in [1.54, 1.807) is 11.0 Å². The number of carbonyl (C=O) groups excluding carboxylic acids is 1. The fraction of sp³-hybridized carbons (Fsp3) is 0.588. The molecule has 3 aliphatic rings. The zero-order valence-corrected chi connectivity index (χ0v) is 15.0. The first kappa shape index (κ1) is 16.1. The van der Waals surface area contributed by atoms with Gasteiger partial charge >= 0.3 is 0 Å². The molecule has 1 N–H and O–H groups in total. The number of ether oxygens (including phenoxy) is 2. The molecule has 1 saturated heterocycles. The Labute approximate surface area is 154 Å². The van der Waals surface area contributed by atoms with Crippen LogP contribution in [-0.4, -0.2) is 63.1 Å². The van der Waals surface area contributed by atoms with Crippen molar-refractivity contribution in [1.29, 1.82) is 0 Å². The van der Waals surface area contributed by atoms with Crippen LogP contribution >= 0.6 is 11.3 Å². The number of carbonyl (C=O) groups is 1. The summed E-state index contributed by atoms with van der Waals surface area (Å²) in [6, 6.07) is -0.0694. The Bertz CT molecular complexity index is 808. The molecule has 2 fully saturated rings. The molecule has 0 aromatic carbocycles. The van der Waals surface area contributed by atoms with Gasteiger partial charge in [0.1, 0.15) is 30.7 Å². The third-order valence-electron chi connectivity index (χ3n) is 5.67. The highest BCUT2D eigenvalue weighted by molar-refractivity contribution is 7.12. The minimum atomic E-state index is -0.459. The third kappa shape index (κ3) is 2.57. The molecular weight excluding hydrogens is 356 g/mol. The largest absolute Gasteiger partial charge is 0.485 e. The van der Waals surface area contributed by atoms with Gasteiger partial charge in [0.05, 0.1) is 12.1 Å².